The third kappa shape index (κ3) is 9.14. The van der Waals surface area contributed by atoms with Gasteiger partial charge in [0.15, 0.2) is 0 Å². The van der Waals surface area contributed by atoms with Crippen LogP contribution in [-0.4, -0.2) is 32.6 Å². The quantitative estimate of drug-likeness (QED) is 0.452. The molecule has 0 saturated carbocycles. The van der Waals surface area contributed by atoms with Crippen molar-refractivity contribution < 1.29 is 19.0 Å². The molecule has 0 aromatic heterocycles. The van der Waals surface area contributed by atoms with E-state index in [0.717, 1.165) is 12.8 Å². The molecule has 4 heteroatoms. The molecule has 0 amide bonds. The van der Waals surface area contributed by atoms with Crippen LogP contribution < -0.4 is 0 Å². The molecule has 77 valence electrons. The summed E-state index contributed by atoms with van der Waals surface area (Å²) in [5.41, 5.74) is 0. The SMILES string of the molecule is [CH2]COC(=O)OCCOCCCC. The van der Waals surface area contributed by atoms with E-state index < -0.39 is 6.16 Å². The molecule has 0 spiro atoms. The first-order valence-electron chi connectivity index (χ1n) is 4.47. The van der Waals surface area contributed by atoms with Crippen LogP contribution in [0.15, 0.2) is 0 Å². The second-order valence-corrected chi connectivity index (χ2v) is 2.41. The molecule has 0 rings (SSSR count). The molecule has 4 nitrogen and oxygen atoms in total. The normalized spacial score (nSPS) is 9.69. The van der Waals surface area contributed by atoms with Crippen molar-refractivity contribution in [3.63, 3.8) is 0 Å². The first-order chi connectivity index (χ1) is 6.31. The van der Waals surface area contributed by atoms with Crippen LogP contribution in [0.25, 0.3) is 0 Å². The van der Waals surface area contributed by atoms with Crippen LogP contribution >= 0.6 is 0 Å². The summed E-state index contributed by atoms with van der Waals surface area (Å²) in [5, 5.41) is 0. The number of unbranched alkanes of at least 4 members (excludes halogenated alkanes) is 1. The number of rotatable bonds is 7. The Hall–Kier alpha value is -0.770. The minimum absolute atomic E-state index is 0.0928. The first kappa shape index (κ1) is 12.2. The van der Waals surface area contributed by atoms with E-state index in [1.54, 1.807) is 0 Å². The Morgan fingerprint density at radius 3 is 2.62 bits per heavy atom. The molecular formula is C9H17O4. The fraction of sp³-hybridized carbons (Fsp3) is 0.778. The minimum Gasteiger partial charge on any atom is -0.434 e. The zero-order valence-corrected chi connectivity index (χ0v) is 8.08. The highest BCUT2D eigenvalue weighted by atomic mass is 16.7. The molecule has 0 aliphatic heterocycles. The van der Waals surface area contributed by atoms with Crippen LogP contribution in [0.1, 0.15) is 19.8 Å². The topological polar surface area (TPSA) is 44.8 Å². The molecule has 0 heterocycles. The predicted octanol–water partition coefficient (Wildman–Crippen LogP) is 1.79. The highest BCUT2D eigenvalue weighted by Gasteiger charge is 2.00. The maximum absolute atomic E-state index is 10.6. The molecule has 0 N–H and O–H groups in total. The standard InChI is InChI=1S/C9H17O4/c1-3-5-6-11-7-8-13-9(10)12-4-2/h2-8H2,1H3. The number of ether oxygens (including phenoxy) is 3. The maximum Gasteiger partial charge on any atom is 0.508 e. The van der Waals surface area contributed by atoms with Gasteiger partial charge in [-0.25, -0.2) is 4.79 Å². The first-order valence-corrected chi connectivity index (χ1v) is 4.47. The molecule has 1 radical (unpaired) electrons. The zero-order chi connectivity index (χ0) is 9.94. The van der Waals surface area contributed by atoms with Crippen LogP contribution in [0.5, 0.6) is 0 Å². The summed E-state index contributed by atoms with van der Waals surface area (Å²) in [6, 6.07) is 0. The summed E-state index contributed by atoms with van der Waals surface area (Å²) >= 11 is 0. The Morgan fingerprint density at radius 1 is 1.23 bits per heavy atom. The largest absolute Gasteiger partial charge is 0.508 e. The van der Waals surface area contributed by atoms with Crippen molar-refractivity contribution in [1.29, 1.82) is 0 Å². The molecule has 0 saturated heterocycles. The molecule has 13 heavy (non-hydrogen) atoms. The Morgan fingerprint density at radius 2 is 2.00 bits per heavy atom. The van der Waals surface area contributed by atoms with Gasteiger partial charge in [0.2, 0.25) is 0 Å². The third-order valence-corrected chi connectivity index (χ3v) is 1.31. The van der Waals surface area contributed by atoms with E-state index in [4.69, 9.17) is 4.74 Å². The summed E-state index contributed by atoms with van der Waals surface area (Å²) in [7, 11) is 0. The molecule has 0 aliphatic carbocycles. The van der Waals surface area contributed by atoms with Gasteiger partial charge < -0.3 is 14.2 Å². The van der Waals surface area contributed by atoms with Gasteiger partial charge in [0.25, 0.3) is 0 Å². The Labute approximate surface area is 79.2 Å². The monoisotopic (exact) mass is 189 g/mol. The fourth-order valence-electron chi connectivity index (χ4n) is 0.657. The van der Waals surface area contributed by atoms with E-state index in [-0.39, 0.29) is 13.2 Å². The lowest BCUT2D eigenvalue weighted by Gasteiger charge is -2.04. The molecular weight excluding hydrogens is 172 g/mol. The average molecular weight is 189 g/mol. The number of carbonyl (C=O) groups excluding carboxylic acids is 1. The minimum atomic E-state index is -0.686. The zero-order valence-electron chi connectivity index (χ0n) is 8.08. The molecule has 0 atom stereocenters. The van der Waals surface area contributed by atoms with Crippen molar-refractivity contribution in [2.45, 2.75) is 19.8 Å². The van der Waals surface area contributed by atoms with Gasteiger partial charge in [-0.2, -0.15) is 0 Å². The summed E-state index contributed by atoms with van der Waals surface area (Å²) < 4.78 is 14.2. The van der Waals surface area contributed by atoms with Gasteiger partial charge in [-0.1, -0.05) is 13.3 Å². The van der Waals surface area contributed by atoms with Crippen LogP contribution in [-0.2, 0) is 14.2 Å². The van der Waals surface area contributed by atoms with E-state index in [9.17, 15) is 4.79 Å². The van der Waals surface area contributed by atoms with Gasteiger partial charge in [0.05, 0.1) is 13.2 Å². The number of hydrogen-bond donors (Lipinski definition) is 0. The molecule has 0 aromatic rings. The van der Waals surface area contributed by atoms with Crippen molar-refractivity contribution >= 4 is 6.16 Å². The highest BCUT2D eigenvalue weighted by molar-refractivity contribution is 5.59. The summed E-state index contributed by atoms with van der Waals surface area (Å²) in [5.74, 6) is 0. The van der Waals surface area contributed by atoms with Crippen molar-refractivity contribution in [1.82, 2.24) is 0 Å². The van der Waals surface area contributed by atoms with E-state index in [0.29, 0.717) is 13.2 Å². The predicted molar refractivity (Wildman–Crippen MR) is 48.4 cm³/mol. The molecule has 0 bridgehead atoms. The Balaban J connectivity index is 3.02. The van der Waals surface area contributed by atoms with Gasteiger partial charge in [0.1, 0.15) is 6.61 Å². The van der Waals surface area contributed by atoms with Crippen LogP contribution in [0, 0.1) is 6.92 Å². The molecule has 0 aliphatic rings. The van der Waals surface area contributed by atoms with Gasteiger partial charge in [-0.05, 0) is 13.3 Å². The number of hydrogen-bond acceptors (Lipinski definition) is 4. The summed E-state index contributed by atoms with van der Waals surface area (Å²) in [6.07, 6.45) is 1.45. The van der Waals surface area contributed by atoms with Gasteiger partial charge >= 0.3 is 6.16 Å². The maximum atomic E-state index is 10.6. The highest BCUT2D eigenvalue weighted by Crippen LogP contribution is 1.89. The molecule has 0 aromatic carbocycles. The van der Waals surface area contributed by atoms with Crippen molar-refractivity contribution in [2.75, 3.05) is 26.4 Å². The second-order valence-electron chi connectivity index (χ2n) is 2.41. The lowest BCUT2D eigenvalue weighted by Crippen LogP contribution is -2.12. The van der Waals surface area contributed by atoms with Crippen LogP contribution in [0.4, 0.5) is 4.79 Å². The van der Waals surface area contributed by atoms with Crippen molar-refractivity contribution in [3.05, 3.63) is 6.92 Å². The second kappa shape index (κ2) is 9.32. The van der Waals surface area contributed by atoms with Gasteiger partial charge in [-0.3, -0.25) is 0 Å². The van der Waals surface area contributed by atoms with E-state index >= 15 is 0 Å². The summed E-state index contributed by atoms with van der Waals surface area (Å²) in [6.45, 7) is 6.90. The lowest BCUT2D eigenvalue weighted by molar-refractivity contribution is 0.0312. The van der Waals surface area contributed by atoms with Gasteiger partial charge in [-0.15, -0.1) is 0 Å². The Bertz CT molecular complexity index is 125. The Kier molecular flexibility index (Phi) is 8.77. The van der Waals surface area contributed by atoms with Gasteiger partial charge in [0, 0.05) is 6.61 Å². The van der Waals surface area contributed by atoms with Crippen LogP contribution in [0.3, 0.4) is 0 Å². The molecule has 0 unspecified atom stereocenters. The van der Waals surface area contributed by atoms with Crippen molar-refractivity contribution in [2.24, 2.45) is 0 Å². The van der Waals surface area contributed by atoms with E-state index in [1.165, 1.54) is 0 Å². The molecule has 0 fully saturated rings. The summed E-state index contributed by atoms with van der Waals surface area (Å²) in [4.78, 5) is 10.6. The van der Waals surface area contributed by atoms with Crippen LogP contribution in [0.2, 0.25) is 0 Å². The third-order valence-electron chi connectivity index (χ3n) is 1.31. The average Bonchev–Trinajstić information content (AvgIpc) is 2.11. The lowest BCUT2D eigenvalue weighted by atomic mass is 10.4. The van der Waals surface area contributed by atoms with Crippen molar-refractivity contribution in [3.8, 4) is 0 Å². The van der Waals surface area contributed by atoms with E-state index in [1.807, 2.05) is 0 Å². The fourth-order valence-corrected chi connectivity index (χ4v) is 0.657. The van der Waals surface area contributed by atoms with E-state index in [2.05, 4.69) is 23.3 Å². The number of carbonyl (C=O) groups is 1. The smallest absolute Gasteiger partial charge is 0.434 e.